The standard InChI is InChI=1S/C28H37INO/c1-5-6-7-8-9-10-11-15-18-25-27(29-24-16-13-12-14-17-24)28(30-31-25)26-22(3)19-21(2)20-23(26)4/h12-14,16-17,19-20H,5-11,15,18H2,1-4H3/q+1. The van der Waals surface area contributed by atoms with Crippen LogP contribution in [0, 0.1) is 27.9 Å². The highest BCUT2D eigenvalue weighted by Gasteiger charge is 2.32. The Morgan fingerprint density at radius 3 is 2.06 bits per heavy atom. The van der Waals surface area contributed by atoms with Gasteiger partial charge in [0, 0.05) is 12.0 Å². The summed E-state index contributed by atoms with van der Waals surface area (Å²) in [4.78, 5) is 0. The van der Waals surface area contributed by atoms with Crippen LogP contribution < -0.4 is 21.2 Å². The van der Waals surface area contributed by atoms with Crippen LogP contribution >= 0.6 is 0 Å². The first-order chi connectivity index (χ1) is 15.1. The highest BCUT2D eigenvalue weighted by molar-refractivity contribution is 5.67. The molecule has 0 saturated carbocycles. The first kappa shape index (κ1) is 24.0. The summed E-state index contributed by atoms with van der Waals surface area (Å²) in [7, 11) is 0. The lowest BCUT2D eigenvalue weighted by atomic mass is 9.97. The van der Waals surface area contributed by atoms with Gasteiger partial charge in [-0.2, -0.15) is 0 Å². The van der Waals surface area contributed by atoms with Crippen molar-refractivity contribution in [1.29, 1.82) is 0 Å². The zero-order valence-electron chi connectivity index (χ0n) is 19.6. The summed E-state index contributed by atoms with van der Waals surface area (Å²) in [6, 6.07) is 15.4. The predicted molar refractivity (Wildman–Crippen MR) is 126 cm³/mol. The number of rotatable bonds is 12. The first-order valence-electron chi connectivity index (χ1n) is 11.9. The third-order valence-electron chi connectivity index (χ3n) is 5.81. The second-order valence-electron chi connectivity index (χ2n) is 8.66. The largest absolute Gasteiger partial charge is 0.364 e. The molecule has 0 N–H and O–H groups in total. The maximum atomic E-state index is 6.00. The maximum Gasteiger partial charge on any atom is 0.364 e. The van der Waals surface area contributed by atoms with Crippen LogP contribution in [0.5, 0.6) is 0 Å². The van der Waals surface area contributed by atoms with Crippen molar-refractivity contribution >= 4 is 0 Å². The van der Waals surface area contributed by atoms with E-state index in [1.54, 1.807) is 0 Å². The van der Waals surface area contributed by atoms with E-state index in [1.165, 1.54) is 80.8 Å². The topological polar surface area (TPSA) is 26.0 Å². The minimum Gasteiger partial charge on any atom is -0.356 e. The Morgan fingerprint density at radius 2 is 1.42 bits per heavy atom. The molecule has 0 amide bonds. The number of aryl methyl sites for hydroxylation is 4. The summed E-state index contributed by atoms with van der Waals surface area (Å²) in [6.07, 6.45) is 11.7. The molecule has 0 spiro atoms. The van der Waals surface area contributed by atoms with Gasteiger partial charge in [0.05, 0.1) is 0 Å². The molecule has 1 heterocycles. The fourth-order valence-corrected chi connectivity index (χ4v) is 6.97. The van der Waals surface area contributed by atoms with Gasteiger partial charge in [-0.3, -0.25) is 0 Å². The van der Waals surface area contributed by atoms with Crippen LogP contribution in [0.15, 0.2) is 47.0 Å². The number of nitrogens with zero attached hydrogens (tertiary/aromatic N) is 1. The minimum atomic E-state index is -0.329. The van der Waals surface area contributed by atoms with E-state index in [0.717, 1.165) is 17.9 Å². The van der Waals surface area contributed by atoms with Crippen molar-refractivity contribution in [2.45, 2.75) is 85.5 Å². The van der Waals surface area contributed by atoms with Crippen LogP contribution in [0.25, 0.3) is 11.3 Å². The fraction of sp³-hybridized carbons (Fsp3) is 0.464. The van der Waals surface area contributed by atoms with Gasteiger partial charge in [-0.25, -0.2) is 0 Å². The fourth-order valence-electron chi connectivity index (χ4n) is 4.28. The van der Waals surface area contributed by atoms with Crippen molar-refractivity contribution < 1.29 is 25.7 Å². The van der Waals surface area contributed by atoms with E-state index in [1.807, 2.05) is 0 Å². The normalized spacial score (nSPS) is 11.2. The van der Waals surface area contributed by atoms with Crippen LogP contribution in [-0.4, -0.2) is 5.16 Å². The predicted octanol–water partition coefficient (Wildman–Crippen LogP) is 5.08. The Labute approximate surface area is 199 Å². The lowest BCUT2D eigenvalue weighted by molar-refractivity contribution is -0.597. The number of hydrogen-bond acceptors (Lipinski definition) is 2. The Hall–Kier alpha value is -1.62. The van der Waals surface area contributed by atoms with Crippen LogP contribution in [0.1, 0.15) is 80.7 Å². The molecule has 0 saturated heterocycles. The molecule has 1 aromatic heterocycles. The van der Waals surface area contributed by atoms with Crippen LogP contribution in [0.4, 0.5) is 0 Å². The number of halogens is 1. The van der Waals surface area contributed by atoms with Crippen LogP contribution in [0.3, 0.4) is 0 Å². The molecule has 0 radical (unpaired) electrons. The van der Waals surface area contributed by atoms with Crippen molar-refractivity contribution in [2.75, 3.05) is 0 Å². The van der Waals surface area contributed by atoms with Gasteiger partial charge >= 0.3 is 21.2 Å². The van der Waals surface area contributed by atoms with E-state index >= 15 is 0 Å². The summed E-state index contributed by atoms with van der Waals surface area (Å²) in [5.74, 6) is 1.12. The zero-order valence-corrected chi connectivity index (χ0v) is 21.8. The maximum absolute atomic E-state index is 6.00. The molecule has 31 heavy (non-hydrogen) atoms. The number of aromatic nitrogens is 1. The van der Waals surface area contributed by atoms with Gasteiger partial charge in [0.2, 0.25) is 0 Å². The lowest BCUT2D eigenvalue weighted by Gasteiger charge is -2.08. The van der Waals surface area contributed by atoms with Crippen LogP contribution in [-0.2, 0) is 6.42 Å². The molecule has 0 aliphatic carbocycles. The van der Waals surface area contributed by atoms with Gasteiger partial charge in [0.1, 0.15) is 0 Å². The SMILES string of the molecule is CCCCCCCCCCc1onc(-c2c(C)cc(C)cc2C)c1[I+]c1ccccc1. The molecule has 166 valence electrons. The van der Waals surface area contributed by atoms with E-state index in [0.29, 0.717) is 0 Å². The monoisotopic (exact) mass is 530 g/mol. The highest BCUT2D eigenvalue weighted by Crippen LogP contribution is 2.28. The second-order valence-corrected chi connectivity index (χ2v) is 11.5. The molecular formula is C28H37INO+. The number of unbranched alkanes of at least 4 members (excludes halogenated alkanes) is 7. The molecule has 0 atom stereocenters. The highest BCUT2D eigenvalue weighted by atomic mass is 127. The molecular weight excluding hydrogens is 493 g/mol. The molecule has 0 fully saturated rings. The molecule has 0 aliphatic heterocycles. The Bertz CT molecular complexity index is 922. The summed E-state index contributed by atoms with van der Waals surface area (Å²) >= 11 is -0.329. The van der Waals surface area contributed by atoms with Gasteiger partial charge in [-0.1, -0.05) is 92.9 Å². The molecule has 3 rings (SSSR count). The molecule has 0 bridgehead atoms. The van der Waals surface area contributed by atoms with Gasteiger partial charge < -0.3 is 4.52 Å². The van der Waals surface area contributed by atoms with E-state index in [-0.39, 0.29) is 21.2 Å². The Kier molecular flexibility index (Phi) is 9.63. The minimum absolute atomic E-state index is 0.329. The van der Waals surface area contributed by atoms with E-state index in [2.05, 4.69) is 75.3 Å². The van der Waals surface area contributed by atoms with Gasteiger partial charge in [-0.05, 0) is 50.5 Å². The van der Waals surface area contributed by atoms with Crippen molar-refractivity contribution in [3.63, 3.8) is 0 Å². The zero-order chi connectivity index (χ0) is 22.1. The second kappa shape index (κ2) is 12.4. The van der Waals surface area contributed by atoms with Crippen molar-refractivity contribution in [2.24, 2.45) is 0 Å². The van der Waals surface area contributed by atoms with E-state index in [9.17, 15) is 0 Å². The smallest absolute Gasteiger partial charge is 0.356 e. The average molecular weight is 531 g/mol. The molecule has 3 aromatic rings. The van der Waals surface area contributed by atoms with Gasteiger partial charge in [-0.15, -0.1) is 0 Å². The summed E-state index contributed by atoms with van der Waals surface area (Å²) in [6.45, 7) is 8.85. The molecule has 0 aliphatic rings. The third kappa shape index (κ3) is 6.93. The summed E-state index contributed by atoms with van der Waals surface area (Å²) < 4.78 is 8.80. The average Bonchev–Trinajstić information content (AvgIpc) is 3.12. The van der Waals surface area contributed by atoms with Crippen molar-refractivity contribution in [3.05, 3.63) is 72.1 Å². The lowest BCUT2D eigenvalue weighted by Crippen LogP contribution is -3.61. The van der Waals surface area contributed by atoms with E-state index in [4.69, 9.17) is 4.52 Å². The number of hydrogen-bond donors (Lipinski definition) is 0. The molecule has 2 nitrogen and oxygen atoms in total. The van der Waals surface area contributed by atoms with Gasteiger partial charge in [0.25, 0.3) is 3.57 Å². The molecule has 2 aromatic carbocycles. The molecule has 3 heteroatoms. The quantitative estimate of drug-likeness (QED) is 0.241. The molecule has 0 unspecified atom stereocenters. The summed E-state index contributed by atoms with van der Waals surface area (Å²) in [5, 5.41) is 4.64. The Morgan fingerprint density at radius 1 is 0.806 bits per heavy atom. The number of benzene rings is 2. The van der Waals surface area contributed by atoms with Gasteiger partial charge in [0.15, 0.2) is 15.0 Å². The van der Waals surface area contributed by atoms with Crippen molar-refractivity contribution in [3.8, 4) is 11.3 Å². The van der Waals surface area contributed by atoms with Crippen LogP contribution in [0.2, 0.25) is 0 Å². The van der Waals surface area contributed by atoms with E-state index < -0.39 is 0 Å². The first-order valence-corrected chi connectivity index (χ1v) is 14.0. The third-order valence-corrected chi connectivity index (χ3v) is 8.80. The van der Waals surface area contributed by atoms with Crippen molar-refractivity contribution in [1.82, 2.24) is 5.16 Å². The Balaban J connectivity index is 1.75. The summed E-state index contributed by atoms with van der Waals surface area (Å²) in [5.41, 5.74) is 6.24.